The van der Waals surface area contributed by atoms with Gasteiger partial charge in [-0.3, -0.25) is 4.79 Å². The molecule has 1 amide bonds. The lowest BCUT2D eigenvalue weighted by Crippen LogP contribution is -2.15. The molecule has 0 aliphatic rings. The third-order valence-electron chi connectivity index (χ3n) is 2.45. The van der Waals surface area contributed by atoms with E-state index in [1.54, 1.807) is 13.0 Å². The summed E-state index contributed by atoms with van der Waals surface area (Å²) in [7, 11) is 0. The fourth-order valence-electron chi connectivity index (χ4n) is 1.51. The number of anilines is 1. The Balaban J connectivity index is 2.21. The Morgan fingerprint density at radius 1 is 1.17 bits per heavy atom. The van der Waals surface area contributed by atoms with E-state index in [1.807, 2.05) is 31.2 Å². The number of hydrogen-bond donors (Lipinski definition) is 1. The number of nitrogens with one attached hydrogen (secondary N) is 1. The van der Waals surface area contributed by atoms with Gasteiger partial charge in [0.15, 0.2) is 0 Å². The van der Waals surface area contributed by atoms with Crippen LogP contribution in [-0.2, 0) is 0 Å². The van der Waals surface area contributed by atoms with Crippen molar-refractivity contribution >= 4 is 34.2 Å². The Bertz CT molecular complexity index is 581. The van der Waals surface area contributed by atoms with Crippen molar-refractivity contribution in [2.24, 2.45) is 0 Å². The lowest BCUT2D eigenvalue weighted by Gasteiger charge is -2.07. The highest BCUT2D eigenvalue weighted by molar-refractivity contribution is 14.1. The quantitative estimate of drug-likeness (QED) is 0.845. The maximum Gasteiger partial charge on any atom is 0.257 e. The van der Waals surface area contributed by atoms with Gasteiger partial charge in [0.05, 0.1) is 17.0 Å². The van der Waals surface area contributed by atoms with Gasteiger partial charge in [-0.25, -0.2) is 0 Å². The zero-order valence-corrected chi connectivity index (χ0v) is 12.2. The SMILES string of the molecule is Cc1cc(C(=O)Nc2ccc(I)cc2)c(C)nn1. The van der Waals surface area contributed by atoms with Crippen molar-refractivity contribution in [3.63, 3.8) is 0 Å². The molecule has 0 atom stereocenters. The van der Waals surface area contributed by atoms with Crippen LogP contribution in [-0.4, -0.2) is 16.1 Å². The van der Waals surface area contributed by atoms with E-state index in [2.05, 4.69) is 38.1 Å². The molecule has 1 aromatic heterocycles. The minimum atomic E-state index is -0.160. The molecule has 0 aliphatic carbocycles. The van der Waals surface area contributed by atoms with E-state index in [9.17, 15) is 4.79 Å². The van der Waals surface area contributed by atoms with Crippen LogP contribution in [0.25, 0.3) is 0 Å². The van der Waals surface area contributed by atoms with Crippen LogP contribution in [0.3, 0.4) is 0 Å². The normalized spacial score (nSPS) is 10.2. The minimum Gasteiger partial charge on any atom is -0.322 e. The molecule has 0 fully saturated rings. The van der Waals surface area contributed by atoms with E-state index < -0.39 is 0 Å². The predicted octanol–water partition coefficient (Wildman–Crippen LogP) is 2.95. The number of carbonyl (C=O) groups excluding carboxylic acids is 1. The van der Waals surface area contributed by atoms with Gasteiger partial charge in [0.1, 0.15) is 0 Å². The molecule has 0 unspecified atom stereocenters. The summed E-state index contributed by atoms with van der Waals surface area (Å²) in [4.78, 5) is 12.1. The molecule has 18 heavy (non-hydrogen) atoms. The number of rotatable bonds is 2. The molecule has 1 heterocycles. The van der Waals surface area contributed by atoms with Crippen molar-refractivity contribution in [3.8, 4) is 0 Å². The summed E-state index contributed by atoms with van der Waals surface area (Å²) in [5, 5.41) is 10.7. The Morgan fingerprint density at radius 2 is 1.83 bits per heavy atom. The smallest absolute Gasteiger partial charge is 0.257 e. The van der Waals surface area contributed by atoms with E-state index in [-0.39, 0.29) is 5.91 Å². The molecule has 0 spiro atoms. The van der Waals surface area contributed by atoms with Gasteiger partial charge in [0.25, 0.3) is 5.91 Å². The van der Waals surface area contributed by atoms with Crippen molar-refractivity contribution in [1.29, 1.82) is 0 Å². The summed E-state index contributed by atoms with van der Waals surface area (Å²) in [6, 6.07) is 9.37. The lowest BCUT2D eigenvalue weighted by atomic mass is 10.2. The molecule has 2 rings (SSSR count). The van der Waals surface area contributed by atoms with E-state index in [0.29, 0.717) is 11.3 Å². The molecule has 0 saturated heterocycles. The minimum absolute atomic E-state index is 0.160. The average Bonchev–Trinajstić information content (AvgIpc) is 2.35. The first-order valence-electron chi connectivity index (χ1n) is 5.44. The van der Waals surface area contributed by atoms with Crippen LogP contribution in [0.1, 0.15) is 21.7 Å². The van der Waals surface area contributed by atoms with Crippen LogP contribution >= 0.6 is 22.6 Å². The van der Waals surface area contributed by atoms with E-state index in [0.717, 1.165) is 15.0 Å². The number of aryl methyl sites for hydroxylation is 2. The first-order valence-corrected chi connectivity index (χ1v) is 6.52. The highest BCUT2D eigenvalue weighted by Crippen LogP contribution is 2.13. The van der Waals surface area contributed by atoms with Crippen molar-refractivity contribution in [2.45, 2.75) is 13.8 Å². The number of amides is 1. The second-order valence-electron chi connectivity index (χ2n) is 3.95. The van der Waals surface area contributed by atoms with Gasteiger partial charge in [0, 0.05) is 9.26 Å². The number of aromatic nitrogens is 2. The number of carbonyl (C=O) groups is 1. The predicted molar refractivity (Wildman–Crippen MR) is 78.6 cm³/mol. The molecular formula is C13H12IN3O. The molecule has 0 bridgehead atoms. The Kier molecular flexibility index (Phi) is 3.90. The number of benzene rings is 1. The zero-order chi connectivity index (χ0) is 13.1. The van der Waals surface area contributed by atoms with Crippen LogP contribution < -0.4 is 5.32 Å². The first kappa shape index (κ1) is 12.9. The van der Waals surface area contributed by atoms with Crippen LogP contribution in [0.4, 0.5) is 5.69 Å². The summed E-state index contributed by atoms with van der Waals surface area (Å²) in [5.41, 5.74) is 2.69. The maximum absolute atomic E-state index is 12.1. The summed E-state index contributed by atoms with van der Waals surface area (Å²) < 4.78 is 1.13. The second kappa shape index (κ2) is 5.43. The molecule has 0 aliphatic heterocycles. The molecule has 5 heteroatoms. The van der Waals surface area contributed by atoms with Crippen molar-refractivity contribution in [3.05, 3.63) is 50.9 Å². The molecule has 2 aromatic rings. The number of halogens is 1. The lowest BCUT2D eigenvalue weighted by molar-refractivity contribution is 0.102. The fourth-order valence-corrected chi connectivity index (χ4v) is 1.87. The van der Waals surface area contributed by atoms with E-state index in [4.69, 9.17) is 0 Å². The van der Waals surface area contributed by atoms with Crippen molar-refractivity contribution in [1.82, 2.24) is 10.2 Å². The average molecular weight is 353 g/mol. The highest BCUT2D eigenvalue weighted by Gasteiger charge is 2.11. The number of hydrogen-bond acceptors (Lipinski definition) is 3. The van der Waals surface area contributed by atoms with Crippen molar-refractivity contribution in [2.75, 3.05) is 5.32 Å². The van der Waals surface area contributed by atoms with Gasteiger partial charge >= 0.3 is 0 Å². The first-order chi connectivity index (χ1) is 8.56. The molecule has 1 aromatic carbocycles. The molecule has 92 valence electrons. The summed E-state index contributed by atoms with van der Waals surface area (Å²) in [6.07, 6.45) is 0. The topological polar surface area (TPSA) is 54.9 Å². The van der Waals surface area contributed by atoms with Gasteiger partial charge in [-0.1, -0.05) is 0 Å². The van der Waals surface area contributed by atoms with E-state index in [1.165, 1.54) is 0 Å². The Morgan fingerprint density at radius 3 is 2.50 bits per heavy atom. The third-order valence-corrected chi connectivity index (χ3v) is 3.17. The molecular weight excluding hydrogens is 341 g/mol. The summed E-state index contributed by atoms with van der Waals surface area (Å²) in [5.74, 6) is -0.160. The molecule has 1 N–H and O–H groups in total. The monoisotopic (exact) mass is 353 g/mol. The fraction of sp³-hybridized carbons (Fsp3) is 0.154. The van der Waals surface area contributed by atoms with Gasteiger partial charge in [-0.05, 0) is 66.8 Å². The van der Waals surface area contributed by atoms with Crippen LogP contribution in [0.2, 0.25) is 0 Å². The largest absolute Gasteiger partial charge is 0.322 e. The molecule has 0 saturated carbocycles. The Labute approximate surface area is 119 Å². The Hall–Kier alpha value is -1.50. The molecule has 0 radical (unpaired) electrons. The van der Waals surface area contributed by atoms with Crippen molar-refractivity contribution < 1.29 is 4.79 Å². The standard InChI is InChI=1S/C13H12IN3O/c1-8-7-12(9(2)17-16-8)13(18)15-11-5-3-10(14)4-6-11/h3-7H,1-2H3,(H,15,18). The van der Waals surface area contributed by atoms with Gasteiger partial charge in [0.2, 0.25) is 0 Å². The maximum atomic E-state index is 12.1. The highest BCUT2D eigenvalue weighted by atomic mass is 127. The third kappa shape index (κ3) is 3.04. The second-order valence-corrected chi connectivity index (χ2v) is 5.19. The van der Waals surface area contributed by atoms with Gasteiger partial charge in [-0.15, -0.1) is 0 Å². The zero-order valence-electron chi connectivity index (χ0n) is 10.1. The molecule has 4 nitrogen and oxygen atoms in total. The van der Waals surface area contributed by atoms with Gasteiger partial charge in [-0.2, -0.15) is 10.2 Å². The summed E-state index contributed by atoms with van der Waals surface area (Å²) in [6.45, 7) is 3.59. The van der Waals surface area contributed by atoms with Crippen LogP contribution in [0, 0.1) is 17.4 Å². The van der Waals surface area contributed by atoms with Crippen LogP contribution in [0.15, 0.2) is 30.3 Å². The summed E-state index contributed by atoms with van der Waals surface area (Å²) >= 11 is 2.22. The van der Waals surface area contributed by atoms with Gasteiger partial charge < -0.3 is 5.32 Å². The number of nitrogens with zero attached hydrogens (tertiary/aromatic N) is 2. The van der Waals surface area contributed by atoms with E-state index >= 15 is 0 Å². The van der Waals surface area contributed by atoms with Crippen LogP contribution in [0.5, 0.6) is 0 Å².